The molecule has 124 valence electrons. The zero-order valence-electron chi connectivity index (χ0n) is 12.3. The van der Waals surface area contributed by atoms with Crippen LogP contribution in [-0.4, -0.2) is 31.7 Å². The number of ketones is 1. The van der Waals surface area contributed by atoms with Crippen molar-refractivity contribution < 1.29 is 32.5 Å². The molecule has 0 N–H and O–H groups in total. The molecule has 2 atom stereocenters. The molecule has 0 spiro atoms. The Morgan fingerprint density at radius 2 is 1.25 bits per heavy atom. The third kappa shape index (κ3) is 2.62. The predicted molar refractivity (Wildman–Crippen MR) is 78.4 cm³/mol. The normalized spacial score (nSPS) is 21.2. The van der Waals surface area contributed by atoms with Crippen molar-refractivity contribution in [3.63, 3.8) is 0 Å². The second-order valence-electron chi connectivity index (χ2n) is 5.33. The van der Waals surface area contributed by atoms with Crippen LogP contribution in [0.1, 0.15) is 15.9 Å². The summed E-state index contributed by atoms with van der Waals surface area (Å²) in [4.78, 5) is 12.6. The van der Waals surface area contributed by atoms with Gasteiger partial charge in [-0.05, 0) is 36.4 Å². The Labute approximate surface area is 135 Å². The van der Waals surface area contributed by atoms with E-state index < -0.39 is 12.7 Å². The van der Waals surface area contributed by atoms with Gasteiger partial charge in [-0.25, -0.2) is 0 Å². The minimum absolute atomic E-state index is 0.223. The highest BCUT2D eigenvalue weighted by molar-refractivity contribution is 6.09. The van der Waals surface area contributed by atoms with Gasteiger partial charge in [0.15, 0.2) is 42.0 Å². The molecule has 4 rings (SSSR count). The number of rotatable bonds is 2. The number of hydrogen-bond donors (Lipinski definition) is 0. The lowest BCUT2D eigenvalue weighted by molar-refractivity contribution is -0.00302. The summed E-state index contributed by atoms with van der Waals surface area (Å²) in [6.45, 7) is -0.446. The molecule has 2 aliphatic heterocycles. The highest BCUT2D eigenvalue weighted by Crippen LogP contribution is 2.35. The van der Waals surface area contributed by atoms with E-state index in [0.29, 0.717) is 22.6 Å². The number of alkyl halides is 2. The second kappa shape index (κ2) is 5.67. The molecule has 0 saturated carbocycles. The minimum Gasteiger partial charge on any atom is -0.483 e. The van der Waals surface area contributed by atoms with E-state index in [1.165, 1.54) is 36.4 Å². The number of carbonyl (C=O) groups is 1. The SMILES string of the molecule is O=C(c1ccc2c(c1)OCC(F)O2)c1ccc2c(c1)OCC(F)O2. The molecule has 2 aromatic carbocycles. The van der Waals surface area contributed by atoms with Gasteiger partial charge in [-0.3, -0.25) is 4.79 Å². The van der Waals surface area contributed by atoms with Gasteiger partial charge in [-0.1, -0.05) is 0 Å². The number of carbonyl (C=O) groups excluding carboxylic acids is 1. The molecule has 0 aliphatic carbocycles. The summed E-state index contributed by atoms with van der Waals surface area (Å²) in [7, 11) is 0. The van der Waals surface area contributed by atoms with E-state index in [-0.39, 0.29) is 30.5 Å². The van der Waals surface area contributed by atoms with Crippen molar-refractivity contribution >= 4 is 5.78 Å². The van der Waals surface area contributed by atoms with E-state index in [4.69, 9.17) is 18.9 Å². The van der Waals surface area contributed by atoms with Crippen LogP contribution in [0.4, 0.5) is 8.78 Å². The van der Waals surface area contributed by atoms with E-state index in [1.54, 1.807) is 0 Å². The standard InChI is InChI=1S/C17H12F2O5/c18-15-7-21-13-5-9(1-3-11(13)23-15)17(20)10-2-4-12-14(6-10)22-8-16(19)24-12/h1-6,15-16H,7-8H2. The lowest BCUT2D eigenvalue weighted by atomic mass is 10.0. The third-order valence-corrected chi connectivity index (χ3v) is 3.66. The molecule has 24 heavy (non-hydrogen) atoms. The van der Waals surface area contributed by atoms with E-state index in [9.17, 15) is 13.6 Å². The molecule has 2 heterocycles. The largest absolute Gasteiger partial charge is 0.483 e. The van der Waals surface area contributed by atoms with Crippen molar-refractivity contribution in [3.05, 3.63) is 47.5 Å². The Morgan fingerprint density at radius 3 is 1.71 bits per heavy atom. The van der Waals surface area contributed by atoms with Gasteiger partial charge >= 0.3 is 0 Å². The summed E-state index contributed by atoms with van der Waals surface area (Å²) in [6.07, 6.45) is -3.03. The maximum absolute atomic E-state index is 13.1. The first-order valence-electron chi connectivity index (χ1n) is 7.30. The Balaban J connectivity index is 1.62. The first kappa shape index (κ1) is 14.7. The Hall–Kier alpha value is -2.83. The number of benzene rings is 2. The lowest BCUT2D eigenvalue weighted by Gasteiger charge is -2.22. The number of halogens is 2. The summed E-state index contributed by atoms with van der Waals surface area (Å²) in [5, 5.41) is 0. The fourth-order valence-electron chi connectivity index (χ4n) is 2.54. The van der Waals surface area contributed by atoms with E-state index in [0.717, 1.165) is 0 Å². The molecule has 2 unspecified atom stereocenters. The topological polar surface area (TPSA) is 54.0 Å². The summed E-state index contributed by atoms with van der Waals surface area (Å²) in [5.41, 5.74) is 0.712. The monoisotopic (exact) mass is 334 g/mol. The predicted octanol–water partition coefficient (Wildman–Crippen LogP) is 3.05. The van der Waals surface area contributed by atoms with Crippen LogP contribution in [-0.2, 0) is 0 Å². The summed E-state index contributed by atoms with van der Waals surface area (Å²) in [5.74, 6) is 0.848. The number of ether oxygens (including phenoxy) is 4. The average Bonchev–Trinajstić information content (AvgIpc) is 2.60. The van der Waals surface area contributed by atoms with E-state index in [1.807, 2.05) is 0 Å². The molecule has 0 bridgehead atoms. The molecule has 2 aliphatic rings. The highest BCUT2D eigenvalue weighted by Gasteiger charge is 2.24. The fourth-order valence-corrected chi connectivity index (χ4v) is 2.54. The van der Waals surface area contributed by atoms with Gasteiger partial charge in [0, 0.05) is 11.1 Å². The zero-order valence-corrected chi connectivity index (χ0v) is 12.3. The van der Waals surface area contributed by atoms with Crippen LogP contribution in [0.3, 0.4) is 0 Å². The molecule has 2 aromatic rings. The van der Waals surface area contributed by atoms with Crippen molar-refractivity contribution in [1.82, 2.24) is 0 Å². The summed E-state index contributed by atoms with van der Waals surface area (Å²) in [6, 6.07) is 9.02. The Kier molecular flexibility index (Phi) is 3.48. The van der Waals surface area contributed by atoms with Gasteiger partial charge in [0.25, 0.3) is 12.7 Å². The molecular weight excluding hydrogens is 322 g/mol. The molecule has 0 aromatic heterocycles. The van der Waals surface area contributed by atoms with Crippen LogP contribution in [0, 0.1) is 0 Å². The maximum Gasteiger partial charge on any atom is 0.272 e. The molecule has 5 nitrogen and oxygen atoms in total. The average molecular weight is 334 g/mol. The lowest BCUT2D eigenvalue weighted by Crippen LogP contribution is -2.25. The van der Waals surface area contributed by atoms with E-state index >= 15 is 0 Å². The van der Waals surface area contributed by atoms with Gasteiger partial charge < -0.3 is 18.9 Å². The highest BCUT2D eigenvalue weighted by atomic mass is 19.1. The van der Waals surface area contributed by atoms with Crippen LogP contribution in [0.2, 0.25) is 0 Å². The van der Waals surface area contributed by atoms with Crippen LogP contribution < -0.4 is 18.9 Å². The van der Waals surface area contributed by atoms with Gasteiger partial charge in [-0.15, -0.1) is 0 Å². The van der Waals surface area contributed by atoms with Crippen molar-refractivity contribution in [2.75, 3.05) is 13.2 Å². The zero-order chi connectivity index (χ0) is 16.7. The van der Waals surface area contributed by atoms with Crippen molar-refractivity contribution in [2.45, 2.75) is 12.7 Å². The van der Waals surface area contributed by atoms with Crippen LogP contribution in [0.5, 0.6) is 23.0 Å². The number of hydrogen-bond acceptors (Lipinski definition) is 5. The van der Waals surface area contributed by atoms with Crippen LogP contribution in [0.25, 0.3) is 0 Å². The molecule has 0 fully saturated rings. The maximum atomic E-state index is 13.1. The first-order chi connectivity index (χ1) is 11.6. The number of fused-ring (bicyclic) bond motifs is 2. The van der Waals surface area contributed by atoms with Crippen molar-refractivity contribution in [2.24, 2.45) is 0 Å². The van der Waals surface area contributed by atoms with Crippen LogP contribution >= 0.6 is 0 Å². The van der Waals surface area contributed by atoms with Crippen LogP contribution in [0.15, 0.2) is 36.4 Å². The second-order valence-corrected chi connectivity index (χ2v) is 5.33. The van der Waals surface area contributed by atoms with Crippen molar-refractivity contribution in [1.29, 1.82) is 0 Å². The Morgan fingerprint density at radius 1 is 0.792 bits per heavy atom. The Bertz CT molecular complexity index is 742. The fraction of sp³-hybridized carbons (Fsp3) is 0.235. The molecular formula is C17H12F2O5. The summed E-state index contributed by atoms with van der Waals surface area (Å²) >= 11 is 0. The van der Waals surface area contributed by atoms with Gasteiger partial charge in [0.1, 0.15) is 0 Å². The molecule has 0 radical (unpaired) electrons. The molecule has 0 saturated heterocycles. The quantitative estimate of drug-likeness (QED) is 0.790. The van der Waals surface area contributed by atoms with Gasteiger partial charge in [0.05, 0.1) is 0 Å². The van der Waals surface area contributed by atoms with E-state index in [2.05, 4.69) is 0 Å². The first-order valence-corrected chi connectivity index (χ1v) is 7.30. The van der Waals surface area contributed by atoms with Crippen molar-refractivity contribution in [3.8, 4) is 23.0 Å². The van der Waals surface area contributed by atoms with Gasteiger partial charge in [0.2, 0.25) is 0 Å². The smallest absolute Gasteiger partial charge is 0.272 e. The third-order valence-electron chi connectivity index (χ3n) is 3.66. The minimum atomic E-state index is -1.52. The summed E-state index contributed by atoms with van der Waals surface area (Å²) < 4.78 is 46.6. The molecule has 0 amide bonds. The van der Waals surface area contributed by atoms with Gasteiger partial charge in [-0.2, -0.15) is 8.78 Å². The molecule has 7 heteroatoms.